The molecule has 2 heterocycles. The van der Waals surface area contributed by atoms with Crippen LogP contribution in [0, 0.1) is 0 Å². The fourth-order valence-corrected chi connectivity index (χ4v) is 4.00. The first-order chi connectivity index (χ1) is 13.1. The average Bonchev–Trinajstić information content (AvgIpc) is 2.71. The highest BCUT2D eigenvalue weighted by atomic mass is 16.2. The van der Waals surface area contributed by atoms with Gasteiger partial charge in [0.15, 0.2) is 0 Å². The van der Waals surface area contributed by atoms with Crippen LogP contribution in [0.4, 0.5) is 0 Å². The van der Waals surface area contributed by atoms with E-state index >= 15 is 0 Å². The van der Waals surface area contributed by atoms with Gasteiger partial charge in [-0.25, -0.2) is 0 Å². The number of carbonyl (C=O) groups excluding carboxylic acids is 2. The molecule has 0 N–H and O–H groups in total. The maximum absolute atomic E-state index is 12.8. The lowest BCUT2D eigenvalue weighted by Gasteiger charge is -2.40. The van der Waals surface area contributed by atoms with Crippen LogP contribution in [0.15, 0.2) is 30.3 Å². The van der Waals surface area contributed by atoms with Gasteiger partial charge in [-0.1, -0.05) is 30.3 Å². The first-order valence-corrected chi connectivity index (χ1v) is 10.1. The predicted molar refractivity (Wildman–Crippen MR) is 106 cm³/mol. The van der Waals surface area contributed by atoms with Gasteiger partial charge in [0.2, 0.25) is 11.8 Å². The molecule has 1 aromatic rings. The van der Waals surface area contributed by atoms with E-state index in [0.717, 1.165) is 57.7 Å². The van der Waals surface area contributed by atoms with E-state index in [0.29, 0.717) is 6.54 Å². The Labute approximate surface area is 162 Å². The normalized spacial score (nSPS) is 20.3. The van der Waals surface area contributed by atoms with Crippen LogP contribution in [0.25, 0.3) is 0 Å². The molecule has 27 heavy (non-hydrogen) atoms. The zero-order valence-corrected chi connectivity index (χ0v) is 16.6. The Kier molecular flexibility index (Phi) is 6.85. The summed E-state index contributed by atoms with van der Waals surface area (Å²) in [5.41, 5.74) is 1.04. The Balaban J connectivity index is 1.58. The molecular weight excluding hydrogens is 340 g/mol. The van der Waals surface area contributed by atoms with Gasteiger partial charge in [-0.3, -0.25) is 19.4 Å². The van der Waals surface area contributed by atoms with Crippen molar-refractivity contribution in [3.63, 3.8) is 0 Å². The minimum Gasteiger partial charge on any atom is -0.347 e. The number of benzene rings is 1. The molecule has 2 aliphatic rings. The van der Waals surface area contributed by atoms with Gasteiger partial charge in [0, 0.05) is 53.4 Å². The van der Waals surface area contributed by atoms with Crippen LogP contribution in [-0.2, 0) is 9.59 Å². The Hall–Kier alpha value is -1.92. The number of likely N-dealkylation sites (N-methyl/N-ethyl adjacent to an activating group) is 1. The van der Waals surface area contributed by atoms with Crippen LogP contribution < -0.4 is 0 Å². The summed E-state index contributed by atoms with van der Waals surface area (Å²) in [5.74, 6) is 0.367. The number of amides is 2. The standard InChI is InChI=1S/C21H32N4O2/c1-22(2)21(27)20(18-9-5-3-6-10-18)25-15-13-23(14-16-25)17-19(26)24-11-7-4-8-12-24/h3,5-6,9-10,20H,4,7-8,11-17H2,1-2H3. The lowest BCUT2D eigenvalue weighted by molar-refractivity contribution is -0.137. The van der Waals surface area contributed by atoms with Crippen molar-refractivity contribution < 1.29 is 9.59 Å². The summed E-state index contributed by atoms with van der Waals surface area (Å²) < 4.78 is 0. The number of likely N-dealkylation sites (tertiary alicyclic amines) is 1. The highest BCUT2D eigenvalue weighted by Crippen LogP contribution is 2.24. The largest absolute Gasteiger partial charge is 0.347 e. The molecule has 1 atom stereocenters. The molecule has 2 aliphatic heterocycles. The van der Waals surface area contributed by atoms with E-state index in [9.17, 15) is 9.59 Å². The molecule has 1 aromatic carbocycles. The van der Waals surface area contributed by atoms with Crippen molar-refractivity contribution in [2.24, 2.45) is 0 Å². The van der Waals surface area contributed by atoms with Crippen LogP contribution in [0.3, 0.4) is 0 Å². The van der Waals surface area contributed by atoms with E-state index in [2.05, 4.69) is 9.80 Å². The molecule has 1 unspecified atom stereocenters. The van der Waals surface area contributed by atoms with Crippen molar-refractivity contribution in [1.82, 2.24) is 19.6 Å². The van der Waals surface area contributed by atoms with Crippen molar-refractivity contribution in [2.75, 3.05) is 59.9 Å². The molecule has 0 bridgehead atoms. The quantitative estimate of drug-likeness (QED) is 0.785. The van der Waals surface area contributed by atoms with E-state index < -0.39 is 0 Å². The first kappa shape index (κ1) is 19.8. The summed E-state index contributed by atoms with van der Waals surface area (Å²) >= 11 is 0. The summed E-state index contributed by atoms with van der Waals surface area (Å²) in [5, 5.41) is 0. The lowest BCUT2D eigenvalue weighted by Crippen LogP contribution is -2.53. The number of carbonyl (C=O) groups is 2. The van der Waals surface area contributed by atoms with Gasteiger partial charge in [0.1, 0.15) is 6.04 Å². The fraction of sp³-hybridized carbons (Fsp3) is 0.619. The second-order valence-corrected chi connectivity index (χ2v) is 7.80. The van der Waals surface area contributed by atoms with Crippen LogP contribution in [-0.4, -0.2) is 91.3 Å². The molecule has 2 saturated heterocycles. The maximum atomic E-state index is 12.8. The predicted octanol–water partition coefficient (Wildman–Crippen LogP) is 1.45. The van der Waals surface area contributed by atoms with Crippen molar-refractivity contribution in [1.29, 1.82) is 0 Å². The van der Waals surface area contributed by atoms with E-state index in [1.807, 2.05) is 49.3 Å². The first-order valence-electron chi connectivity index (χ1n) is 10.1. The number of hydrogen-bond donors (Lipinski definition) is 0. The highest BCUT2D eigenvalue weighted by molar-refractivity contribution is 5.83. The molecule has 3 rings (SSSR count). The average molecular weight is 373 g/mol. The smallest absolute Gasteiger partial charge is 0.244 e. The van der Waals surface area contributed by atoms with Crippen molar-refractivity contribution in [3.05, 3.63) is 35.9 Å². The molecule has 0 radical (unpaired) electrons. The maximum Gasteiger partial charge on any atom is 0.244 e. The zero-order valence-electron chi connectivity index (χ0n) is 16.6. The van der Waals surface area contributed by atoms with Crippen molar-refractivity contribution in [3.8, 4) is 0 Å². The summed E-state index contributed by atoms with van der Waals surface area (Å²) in [6.45, 7) is 5.57. The molecule has 2 fully saturated rings. The van der Waals surface area contributed by atoms with Gasteiger partial charge in [0.25, 0.3) is 0 Å². The van der Waals surface area contributed by atoms with Crippen LogP contribution in [0.1, 0.15) is 30.9 Å². The van der Waals surface area contributed by atoms with E-state index in [4.69, 9.17) is 0 Å². The highest BCUT2D eigenvalue weighted by Gasteiger charge is 2.32. The van der Waals surface area contributed by atoms with Crippen molar-refractivity contribution in [2.45, 2.75) is 25.3 Å². The van der Waals surface area contributed by atoms with Crippen LogP contribution in [0.5, 0.6) is 0 Å². The summed E-state index contributed by atoms with van der Waals surface area (Å²) in [4.78, 5) is 33.5. The Morgan fingerprint density at radius 3 is 2.15 bits per heavy atom. The minimum absolute atomic E-state index is 0.110. The molecule has 0 aromatic heterocycles. The molecule has 6 nitrogen and oxygen atoms in total. The zero-order chi connectivity index (χ0) is 19.2. The summed E-state index contributed by atoms with van der Waals surface area (Å²) in [6.07, 6.45) is 3.50. The molecule has 0 aliphatic carbocycles. The van der Waals surface area contributed by atoms with Gasteiger partial charge in [0.05, 0.1) is 6.54 Å². The molecule has 6 heteroatoms. The third kappa shape index (κ3) is 5.08. The fourth-order valence-electron chi connectivity index (χ4n) is 4.00. The molecular formula is C21H32N4O2. The third-order valence-corrected chi connectivity index (χ3v) is 5.63. The number of hydrogen-bond acceptors (Lipinski definition) is 4. The Bertz CT molecular complexity index is 620. The second kappa shape index (κ2) is 9.33. The topological polar surface area (TPSA) is 47.1 Å². The molecule has 148 valence electrons. The number of rotatable bonds is 5. The monoisotopic (exact) mass is 372 g/mol. The minimum atomic E-state index is -0.249. The van der Waals surface area contributed by atoms with Gasteiger partial charge in [-0.05, 0) is 24.8 Å². The van der Waals surface area contributed by atoms with Gasteiger partial charge >= 0.3 is 0 Å². The van der Waals surface area contributed by atoms with Gasteiger partial charge in [-0.2, -0.15) is 0 Å². The van der Waals surface area contributed by atoms with E-state index in [1.165, 1.54) is 6.42 Å². The van der Waals surface area contributed by atoms with Gasteiger partial charge in [-0.15, -0.1) is 0 Å². The second-order valence-electron chi connectivity index (χ2n) is 7.80. The summed E-state index contributed by atoms with van der Waals surface area (Å²) in [6, 6.07) is 9.75. The van der Waals surface area contributed by atoms with E-state index in [-0.39, 0.29) is 17.9 Å². The van der Waals surface area contributed by atoms with Crippen LogP contribution in [0.2, 0.25) is 0 Å². The number of piperazine rings is 1. The van der Waals surface area contributed by atoms with E-state index in [1.54, 1.807) is 4.90 Å². The Morgan fingerprint density at radius 1 is 0.926 bits per heavy atom. The van der Waals surface area contributed by atoms with Crippen molar-refractivity contribution >= 4 is 11.8 Å². The number of piperidine rings is 1. The van der Waals surface area contributed by atoms with Gasteiger partial charge < -0.3 is 9.80 Å². The SMILES string of the molecule is CN(C)C(=O)C(c1ccccc1)N1CCN(CC(=O)N2CCCCC2)CC1. The lowest BCUT2D eigenvalue weighted by atomic mass is 10.0. The Morgan fingerprint density at radius 2 is 1.56 bits per heavy atom. The van der Waals surface area contributed by atoms with Crippen LogP contribution >= 0.6 is 0 Å². The number of nitrogens with zero attached hydrogens (tertiary/aromatic N) is 4. The third-order valence-electron chi connectivity index (χ3n) is 5.63. The summed E-state index contributed by atoms with van der Waals surface area (Å²) in [7, 11) is 3.62. The molecule has 0 spiro atoms. The molecule has 0 saturated carbocycles. The molecule has 2 amide bonds.